The maximum atomic E-state index is 9.56. The zero-order valence-electron chi connectivity index (χ0n) is 14.4. The Morgan fingerprint density at radius 3 is 2.92 bits per heavy atom. The number of aromatic nitrogens is 3. The molecule has 0 bridgehead atoms. The third-order valence-corrected chi connectivity index (χ3v) is 5.30. The van der Waals surface area contributed by atoms with E-state index in [0.717, 1.165) is 22.3 Å². The van der Waals surface area contributed by atoms with Crippen LogP contribution in [0.15, 0.2) is 12.5 Å². The number of hydrogen-bond acceptors (Lipinski definition) is 6. The summed E-state index contributed by atoms with van der Waals surface area (Å²) in [5.74, 6) is 2.55. The van der Waals surface area contributed by atoms with Crippen LogP contribution in [0.25, 0.3) is 11.0 Å². The van der Waals surface area contributed by atoms with E-state index < -0.39 is 0 Å². The maximum Gasteiger partial charge on any atom is 0.151 e. The SMILES string of the molecule is CCCCCCCSCC(CO)NCc1c[nH]c2c(N)ncnc12. The van der Waals surface area contributed by atoms with E-state index in [2.05, 4.69) is 27.2 Å². The molecule has 0 radical (unpaired) electrons. The molecule has 2 aromatic heterocycles. The standard InChI is InChI=1S/C17H29N5OS/c1-2-3-4-5-6-7-24-11-14(10-23)19-8-13-9-20-16-15(13)21-12-22-17(16)18/h9,12,14,19-20,23H,2-8,10-11H2,1H3,(H2,18,21,22). The fraction of sp³-hybridized carbons (Fsp3) is 0.647. The minimum atomic E-state index is 0.0924. The van der Waals surface area contributed by atoms with E-state index in [9.17, 15) is 5.11 Å². The van der Waals surface area contributed by atoms with Gasteiger partial charge in [-0.25, -0.2) is 9.97 Å². The average molecular weight is 352 g/mol. The van der Waals surface area contributed by atoms with Crippen molar-refractivity contribution in [2.24, 2.45) is 0 Å². The second-order valence-corrected chi connectivity index (χ2v) is 7.20. The summed E-state index contributed by atoms with van der Waals surface area (Å²) in [6.07, 6.45) is 9.92. The van der Waals surface area contributed by atoms with Gasteiger partial charge in [0.15, 0.2) is 5.82 Å². The minimum Gasteiger partial charge on any atom is -0.395 e. The summed E-state index contributed by atoms with van der Waals surface area (Å²) >= 11 is 1.91. The lowest BCUT2D eigenvalue weighted by atomic mass is 10.2. The lowest BCUT2D eigenvalue weighted by Gasteiger charge is -2.15. The quantitative estimate of drug-likeness (QED) is 0.439. The summed E-state index contributed by atoms with van der Waals surface area (Å²) in [7, 11) is 0. The summed E-state index contributed by atoms with van der Waals surface area (Å²) in [4.78, 5) is 11.4. The second kappa shape index (κ2) is 10.5. The molecule has 0 fully saturated rings. The van der Waals surface area contributed by atoms with Crippen LogP contribution in [0.1, 0.15) is 44.6 Å². The molecule has 0 amide bonds. The van der Waals surface area contributed by atoms with Crippen molar-refractivity contribution in [3.63, 3.8) is 0 Å². The van der Waals surface area contributed by atoms with Crippen molar-refractivity contribution in [3.8, 4) is 0 Å². The Morgan fingerprint density at radius 2 is 2.12 bits per heavy atom. The van der Waals surface area contributed by atoms with Crippen molar-refractivity contribution in [3.05, 3.63) is 18.1 Å². The molecule has 0 saturated carbocycles. The molecule has 24 heavy (non-hydrogen) atoms. The van der Waals surface area contributed by atoms with Crippen LogP contribution in [0.5, 0.6) is 0 Å². The minimum absolute atomic E-state index is 0.0924. The Balaban J connectivity index is 1.72. The molecule has 0 aliphatic carbocycles. The zero-order chi connectivity index (χ0) is 17.2. The summed E-state index contributed by atoms with van der Waals surface area (Å²) in [6.45, 7) is 3.03. The third-order valence-electron chi connectivity index (χ3n) is 4.08. The number of nitrogens with zero attached hydrogens (tertiary/aromatic N) is 2. The van der Waals surface area contributed by atoms with E-state index in [1.54, 1.807) is 0 Å². The smallest absolute Gasteiger partial charge is 0.151 e. The molecule has 2 rings (SSSR count). The van der Waals surface area contributed by atoms with Crippen LogP contribution in [0.3, 0.4) is 0 Å². The van der Waals surface area contributed by atoms with Crippen LogP contribution in [-0.2, 0) is 6.54 Å². The molecule has 134 valence electrons. The van der Waals surface area contributed by atoms with Gasteiger partial charge in [-0.1, -0.05) is 32.6 Å². The van der Waals surface area contributed by atoms with Crippen molar-refractivity contribution in [2.75, 3.05) is 23.8 Å². The van der Waals surface area contributed by atoms with Gasteiger partial charge < -0.3 is 21.1 Å². The molecule has 0 spiro atoms. The van der Waals surface area contributed by atoms with Gasteiger partial charge in [0.05, 0.1) is 12.1 Å². The molecule has 0 aliphatic rings. The number of aliphatic hydroxyl groups is 1. The monoisotopic (exact) mass is 351 g/mol. The van der Waals surface area contributed by atoms with Crippen molar-refractivity contribution in [1.82, 2.24) is 20.3 Å². The van der Waals surface area contributed by atoms with E-state index >= 15 is 0 Å². The number of anilines is 1. The molecule has 0 saturated heterocycles. The Labute approximate surface area is 148 Å². The number of rotatable bonds is 12. The zero-order valence-corrected chi connectivity index (χ0v) is 15.2. The highest BCUT2D eigenvalue weighted by Gasteiger charge is 2.11. The number of H-pyrrole nitrogens is 1. The average Bonchev–Trinajstić information content (AvgIpc) is 3.01. The van der Waals surface area contributed by atoms with Crippen LogP contribution in [0.4, 0.5) is 5.82 Å². The first-order chi connectivity index (χ1) is 11.8. The first-order valence-electron chi connectivity index (χ1n) is 8.74. The number of hydrogen-bond donors (Lipinski definition) is 4. The van der Waals surface area contributed by atoms with Crippen LogP contribution >= 0.6 is 11.8 Å². The number of aliphatic hydroxyl groups excluding tert-OH is 1. The number of nitrogens with two attached hydrogens (primary N) is 1. The van der Waals surface area contributed by atoms with E-state index in [0.29, 0.717) is 12.4 Å². The largest absolute Gasteiger partial charge is 0.395 e. The maximum absolute atomic E-state index is 9.56. The van der Waals surface area contributed by atoms with Crippen molar-refractivity contribution < 1.29 is 5.11 Å². The second-order valence-electron chi connectivity index (χ2n) is 6.05. The lowest BCUT2D eigenvalue weighted by Crippen LogP contribution is -2.34. The number of nitrogen functional groups attached to an aromatic ring is 1. The Bertz CT molecular complexity index is 604. The Morgan fingerprint density at radius 1 is 1.29 bits per heavy atom. The first kappa shape index (κ1) is 19.0. The fourth-order valence-corrected chi connectivity index (χ4v) is 3.69. The normalized spacial score (nSPS) is 12.8. The van der Waals surface area contributed by atoms with Gasteiger partial charge in [-0.15, -0.1) is 0 Å². The highest BCUT2D eigenvalue weighted by Crippen LogP contribution is 2.19. The van der Waals surface area contributed by atoms with Crippen molar-refractivity contribution in [1.29, 1.82) is 0 Å². The van der Waals surface area contributed by atoms with E-state index in [1.807, 2.05) is 18.0 Å². The summed E-state index contributed by atoms with van der Waals surface area (Å²) in [5, 5.41) is 13.0. The molecule has 1 atom stereocenters. The van der Waals surface area contributed by atoms with E-state index in [1.165, 1.54) is 44.2 Å². The molecule has 7 heteroatoms. The Kier molecular flexibility index (Phi) is 8.35. The van der Waals surface area contributed by atoms with Gasteiger partial charge >= 0.3 is 0 Å². The van der Waals surface area contributed by atoms with Gasteiger partial charge in [-0.3, -0.25) is 0 Å². The first-order valence-corrected chi connectivity index (χ1v) is 9.90. The lowest BCUT2D eigenvalue weighted by molar-refractivity contribution is 0.253. The van der Waals surface area contributed by atoms with Crippen LogP contribution in [-0.4, -0.2) is 44.2 Å². The Hall–Kier alpha value is -1.31. The van der Waals surface area contributed by atoms with Crippen molar-refractivity contribution in [2.45, 2.75) is 51.6 Å². The summed E-state index contributed by atoms with van der Waals surface area (Å²) < 4.78 is 0. The van der Waals surface area contributed by atoms with Crippen LogP contribution < -0.4 is 11.1 Å². The number of aromatic amines is 1. The third kappa shape index (κ3) is 5.65. The highest BCUT2D eigenvalue weighted by atomic mass is 32.2. The van der Waals surface area contributed by atoms with Gasteiger partial charge in [0.1, 0.15) is 11.8 Å². The topological polar surface area (TPSA) is 99.8 Å². The molecular formula is C17H29N5OS. The van der Waals surface area contributed by atoms with Gasteiger partial charge in [-0.05, 0) is 12.2 Å². The predicted octanol–water partition coefficient (Wildman–Crippen LogP) is 2.69. The molecule has 0 aromatic carbocycles. The molecule has 5 N–H and O–H groups in total. The summed E-state index contributed by atoms with van der Waals surface area (Å²) in [6, 6.07) is 0.0924. The molecule has 1 unspecified atom stereocenters. The van der Waals surface area contributed by atoms with Gasteiger partial charge in [0.25, 0.3) is 0 Å². The number of nitrogens with one attached hydrogen (secondary N) is 2. The van der Waals surface area contributed by atoms with Gasteiger partial charge in [0, 0.05) is 30.1 Å². The fourth-order valence-electron chi connectivity index (χ4n) is 2.61. The van der Waals surface area contributed by atoms with E-state index in [-0.39, 0.29) is 12.6 Å². The number of fused-ring (bicyclic) bond motifs is 1. The molecule has 0 aliphatic heterocycles. The molecule has 2 aromatic rings. The highest BCUT2D eigenvalue weighted by molar-refractivity contribution is 7.99. The van der Waals surface area contributed by atoms with Crippen LogP contribution in [0.2, 0.25) is 0 Å². The number of unbranched alkanes of at least 4 members (excludes halogenated alkanes) is 4. The molecular weight excluding hydrogens is 322 g/mol. The van der Waals surface area contributed by atoms with Gasteiger partial charge in [0.2, 0.25) is 0 Å². The summed E-state index contributed by atoms with van der Waals surface area (Å²) in [5.41, 5.74) is 8.49. The van der Waals surface area contributed by atoms with Gasteiger partial charge in [-0.2, -0.15) is 11.8 Å². The molecule has 2 heterocycles. The van der Waals surface area contributed by atoms with Crippen LogP contribution in [0, 0.1) is 0 Å². The predicted molar refractivity (Wildman–Crippen MR) is 102 cm³/mol. The van der Waals surface area contributed by atoms with Crippen molar-refractivity contribution >= 4 is 28.6 Å². The van der Waals surface area contributed by atoms with E-state index in [4.69, 9.17) is 5.73 Å². The molecule has 6 nitrogen and oxygen atoms in total. The number of thioether (sulfide) groups is 1.